The Morgan fingerprint density at radius 1 is 1.21 bits per heavy atom. The zero-order valence-corrected chi connectivity index (χ0v) is 20.2. The Bertz CT molecular complexity index is 1110. The Morgan fingerprint density at radius 3 is 2.61 bits per heavy atom. The van der Waals surface area contributed by atoms with Crippen molar-refractivity contribution in [2.45, 2.75) is 83.7 Å². The first-order valence-electron chi connectivity index (χ1n) is 12.5. The minimum atomic E-state index is -0.549. The van der Waals surface area contributed by atoms with Crippen LogP contribution in [0.1, 0.15) is 87.2 Å². The summed E-state index contributed by atoms with van der Waals surface area (Å²) in [5.74, 6) is 0.221. The number of hydrogen-bond acceptors (Lipinski definition) is 5. The highest BCUT2D eigenvalue weighted by Crippen LogP contribution is 2.39. The Kier molecular flexibility index (Phi) is 7.32. The van der Waals surface area contributed by atoms with Crippen molar-refractivity contribution >= 4 is 16.9 Å². The fraction of sp³-hybridized carbons (Fsp3) is 0.680. The van der Waals surface area contributed by atoms with Crippen LogP contribution in [-0.2, 0) is 6.54 Å². The minimum absolute atomic E-state index is 0.196. The fourth-order valence-corrected chi connectivity index (χ4v) is 4.93. The molecule has 33 heavy (non-hydrogen) atoms. The quantitative estimate of drug-likeness (QED) is 0.566. The summed E-state index contributed by atoms with van der Waals surface area (Å²) >= 11 is 0. The molecule has 0 unspecified atom stereocenters. The largest absolute Gasteiger partial charge is 0.352 e. The Balaban J connectivity index is 1.54. The number of nitrogens with zero attached hydrogens (tertiary/aromatic N) is 3. The molecule has 2 aliphatic rings. The first kappa shape index (κ1) is 23.7. The summed E-state index contributed by atoms with van der Waals surface area (Å²) in [6.07, 6.45) is 9.36. The van der Waals surface area contributed by atoms with Crippen molar-refractivity contribution in [2.75, 3.05) is 20.1 Å². The molecule has 2 aromatic heterocycles. The summed E-state index contributed by atoms with van der Waals surface area (Å²) in [7, 11) is 2.17. The van der Waals surface area contributed by atoms with E-state index in [2.05, 4.69) is 27.2 Å². The van der Waals surface area contributed by atoms with E-state index < -0.39 is 11.2 Å². The predicted molar refractivity (Wildman–Crippen MR) is 130 cm³/mol. The van der Waals surface area contributed by atoms with E-state index in [1.165, 1.54) is 36.7 Å². The number of nitrogens with one attached hydrogen (secondary N) is 2. The van der Waals surface area contributed by atoms with Gasteiger partial charge in [-0.15, -0.1) is 0 Å². The Hall–Kier alpha value is -2.48. The lowest BCUT2D eigenvalue weighted by Gasteiger charge is -2.31. The third-order valence-corrected chi connectivity index (χ3v) is 6.93. The highest BCUT2D eigenvalue weighted by molar-refractivity contribution is 6.05. The van der Waals surface area contributed by atoms with Gasteiger partial charge in [-0.05, 0) is 57.7 Å². The highest BCUT2D eigenvalue weighted by atomic mass is 16.2. The van der Waals surface area contributed by atoms with E-state index in [9.17, 15) is 14.4 Å². The number of pyridine rings is 1. The van der Waals surface area contributed by atoms with Crippen molar-refractivity contribution in [3.8, 4) is 0 Å². The molecule has 0 aliphatic heterocycles. The number of carbonyl (C=O) groups excluding carboxylic acids is 1. The van der Waals surface area contributed by atoms with Gasteiger partial charge in [-0.25, -0.2) is 9.78 Å². The van der Waals surface area contributed by atoms with Crippen molar-refractivity contribution < 1.29 is 4.79 Å². The van der Waals surface area contributed by atoms with E-state index in [4.69, 9.17) is 0 Å². The lowest BCUT2D eigenvalue weighted by atomic mass is 9.94. The molecule has 8 heteroatoms. The molecule has 180 valence electrons. The van der Waals surface area contributed by atoms with Gasteiger partial charge in [0.15, 0.2) is 5.65 Å². The van der Waals surface area contributed by atoms with E-state index >= 15 is 0 Å². The van der Waals surface area contributed by atoms with Gasteiger partial charge in [0.2, 0.25) is 0 Å². The molecule has 4 rings (SSSR count). The van der Waals surface area contributed by atoms with Crippen LogP contribution in [-0.4, -0.2) is 51.5 Å². The minimum Gasteiger partial charge on any atom is -0.352 e. The van der Waals surface area contributed by atoms with E-state index in [1.54, 1.807) is 6.07 Å². The molecular formula is C25H37N5O3. The average molecular weight is 456 g/mol. The molecule has 0 aromatic carbocycles. The molecule has 0 spiro atoms. The van der Waals surface area contributed by atoms with Gasteiger partial charge in [0.05, 0.1) is 10.9 Å². The van der Waals surface area contributed by atoms with Gasteiger partial charge in [0, 0.05) is 30.7 Å². The SMILES string of the molecule is CC(C)Cn1c(=O)[nH]c(=O)c2c(C(=O)NCCCN(C)C3CCCCC3)cc(C3CC3)nc21. The van der Waals surface area contributed by atoms with E-state index in [-0.39, 0.29) is 17.2 Å². The zero-order chi connectivity index (χ0) is 23.5. The number of carbonyl (C=O) groups is 1. The van der Waals surface area contributed by atoms with Crippen molar-refractivity contribution in [1.82, 2.24) is 24.8 Å². The summed E-state index contributed by atoms with van der Waals surface area (Å²) in [6, 6.07) is 2.40. The number of aromatic amines is 1. The molecule has 1 amide bonds. The van der Waals surface area contributed by atoms with Gasteiger partial charge in [-0.1, -0.05) is 33.1 Å². The number of aromatic nitrogens is 3. The van der Waals surface area contributed by atoms with Crippen LogP contribution < -0.4 is 16.6 Å². The van der Waals surface area contributed by atoms with E-state index in [0.717, 1.165) is 31.5 Å². The molecule has 2 aliphatic carbocycles. The first-order chi connectivity index (χ1) is 15.8. The van der Waals surface area contributed by atoms with Gasteiger partial charge >= 0.3 is 5.69 Å². The van der Waals surface area contributed by atoms with Crippen molar-refractivity contribution in [3.63, 3.8) is 0 Å². The van der Waals surface area contributed by atoms with Gasteiger partial charge in [-0.2, -0.15) is 0 Å². The molecule has 8 nitrogen and oxygen atoms in total. The lowest BCUT2D eigenvalue weighted by molar-refractivity contribution is 0.0952. The smallest absolute Gasteiger partial charge is 0.330 e. The highest BCUT2D eigenvalue weighted by Gasteiger charge is 2.29. The molecule has 0 radical (unpaired) electrons. The zero-order valence-electron chi connectivity index (χ0n) is 20.2. The van der Waals surface area contributed by atoms with Crippen LogP contribution in [0.2, 0.25) is 0 Å². The predicted octanol–water partition coefficient (Wildman–Crippen LogP) is 3.00. The fourth-order valence-electron chi connectivity index (χ4n) is 4.93. The molecule has 2 fully saturated rings. The van der Waals surface area contributed by atoms with Crippen molar-refractivity contribution in [3.05, 3.63) is 38.2 Å². The molecule has 0 saturated heterocycles. The number of amides is 1. The van der Waals surface area contributed by atoms with Crippen LogP contribution in [0, 0.1) is 5.92 Å². The first-order valence-corrected chi connectivity index (χ1v) is 12.5. The van der Waals surface area contributed by atoms with Crippen LogP contribution in [0.15, 0.2) is 15.7 Å². The average Bonchev–Trinajstić information content (AvgIpc) is 3.64. The topological polar surface area (TPSA) is 100 Å². The summed E-state index contributed by atoms with van der Waals surface area (Å²) in [4.78, 5) is 48.0. The van der Waals surface area contributed by atoms with Gasteiger partial charge in [0.1, 0.15) is 0 Å². The second-order valence-electron chi connectivity index (χ2n) is 10.2. The van der Waals surface area contributed by atoms with E-state index in [1.807, 2.05) is 13.8 Å². The third-order valence-electron chi connectivity index (χ3n) is 6.93. The summed E-state index contributed by atoms with van der Waals surface area (Å²) in [5.41, 5.74) is 0.420. The second kappa shape index (κ2) is 10.2. The van der Waals surface area contributed by atoms with Gasteiger partial charge in [-0.3, -0.25) is 19.1 Å². The molecule has 2 heterocycles. The lowest BCUT2D eigenvalue weighted by Crippen LogP contribution is -2.36. The molecule has 2 N–H and O–H groups in total. The van der Waals surface area contributed by atoms with Gasteiger partial charge in [0.25, 0.3) is 11.5 Å². The van der Waals surface area contributed by atoms with Crippen LogP contribution in [0.4, 0.5) is 0 Å². The molecule has 0 bridgehead atoms. The molecular weight excluding hydrogens is 418 g/mol. The van der Waals surface area contributed by atoms with Crippen LogP contribution >= 0.6 is 0 Å². The maximum atomic E-state index is 13.2. The van der Waals surface area contributed by atoms with Crippen LogP contribution in [0.5, 0.6) is 0 Å². The second-order valence-corrected chi connectivity index (χ2v) is 10.2. The maximum Gasteiger partial charge on any atom is 0.330 e. The Labute approximate surface area is 194 Å². The number of rotatable bonds is 9. The summed E-state index contributed by atoms with van der Waals surface area (Å²) in [5, 5.41) is 3.21. The number of H-pyrrole nitrogens is 1. The van der Waals surface area contributed by atoms with Crippen molar-refractivity contribution in [1.29, 1.82) is 0 Å². The monoisotopic (exact) mass is 455 g/mol. The van der Waals surface area contributed by atoms with E-state index in [0.29, 0.717) is 36.3 Å². The van der Waals surface area contributed by atoms with Crippen LogP contribution in [0.3, 0.4) is 0 Å². The Morgan fingerprint density at radius 2 is 1.94 bits per heavy atom. The molecule has 0 atom stereocenters. The normalized spacial score (nSPS) is 17.2. The van der Waals surface area contributed by atoms with Crippen molar-refractivity contribution in [2.24, 2.45) is 5.92 Å². The maximum absolute atomic E-state index is 13.2. The molecule has 2 aromatic rings. The van der Waals surface area contributed by atoms with Gasteiger partial charge < -0.3 is 10.2 Å². The number of fused-ring (bicyclic) bond motifs is 1. The third kappa shape index (κ3) is 5.54. The standard InChI is InChI=1S/C25H37N5O3/c1-16(2)15-30-22-21(24(32)28-25(30)33)19(14-20(27-22)17-10-11-17)23(31)26-12-7-13-29(3)18-8-5-4-6-9-18/h14,16-18H,4-13,15H2,1-3H3,(H,26,31)(H,28,32,33). The molecule has 2 saturated carbocycles. The number of hydrogen-bond donors (Lipinski definition) is 2. The summed E-state index contributed by atoms with van der Waals surface area (Å²) < 4.78 is 1.50. The summed E-state index contributed by atoms with van der Waals surface area (Å²) in [6.45, 7) is 5.92. The van der Waals surface area contributed by atoms with Crippen LogP contribution in [0.25, 0.3) is 11.0 Å².